The molecule has 6 amide bonds. The van der Waals surface area contributed by atoms with Crippen LogP contribution in [-0.4, -0.2) is 76.1 Å². The van der Waals surface area contributed by atoms with Gasteiger partial charge in [0.1, 0.15) is 18.1 Å². The number of aromatic nitrogens is 2. The summed E-state index contributed by atoms with van der Waals surface area (Å²) >= 11 is 0. The molecule has 1 rings (SSSR count). The molecular weight excluding hydrogens is 510 g/mol. The summed E-state index contributed by atoms with van der Waals surface area (Å²) in [6, 6.07) is -4.56. The van der Waals surface area contributed by atoms with E-state index in [-0.39, 0.29) is 31.1 Å². The number of carbonyl (C=O) groups excluding carboxylic acids is 6. The number of hydrogen-bond donors (Lipinski definition) is 8. The molecule has 0 unspecified atom stereocenters. The first-order valence-corrected chi connectivity index (χ1v) is 12.8. The number of imidazole rings is 1. The third-order valence-electron chi connectivity index (χ3n) is 5.67. The van der Waals surface area contributed by atoms with Crippen molar-refractivity contribution in [1.82, 2.24) is 31.2 Å². The van der Waals surface area contributed by atoms with Crippen molar-refractivity contribution in [3.05, 3.63) is 18.2 Å². The molecule has 0 saturated heterocycles. The molecule has 1 heterocycles. The largest absolute Gasteiger partial charge is 0.370 e. The van der Waals surface area contributed by atoms with Crippen LogP contribution in [0.25, 0.3) is 0 Å². The van der Waals surface area contributed by atoms with Gasteiger partial charge in [-0.05, 0) is 31.6 Å². The fraction of sp³-hybridized carbons (Fsp3) is 0.625. The second kappa shape index (κ2) is 16.8. The number of amides is 6. The number of primary amides is 2. The average molecular weight is 552 g/mol. The first-order valence-electron chi connectivity index (χ1n) is 12.8. The molecule has 1 aromatic heterocycles. The molecule has 0 saturated carbocycles. The molecule has 0 aliphatic rings. The lowest BCUT2D eigenvalue weighted by atomic mass is 10.0. The van der Waals surface area contributed by atoms with E-state index < -0.39 is 60.1 Å². The summed E-state index contributed by atoms with van der Waals surface area (Å²) in [7, 11) is 0. The van der Waals surface area contributed by atoms with Crippen LogP contribution in [-0.2, 0) is 35.2 Å². The molecule has 0 aliphatic heterocycles. The van der Waals surface area contributed by atoms with E-state index in [1.807, 2.05) is 13.8 Å². The highest BCUT2D eigenvalue weighted by Gasteiger charge is 2.31. The van der Waals surface area contributed by atoms with E-state index in [4.69, 9.17) is 17.2 Å². The smallest absolute Gasteiger partial charge is 0.243 e. The fourth-order valence-corrected chi connectivity index (χ4v) is 3.66. The zero-order valence-corrected chi connectivity index (χ0v) is 22.6. The van der Waals surface area contributed by atoms with Crippen LogP contribution in [0.15, 0.2) is 12.5 Å². The van der Waals surface area contributed by atoms with Crippen LogP contribution in [0.1, 0.15) is 58.6 Å². The lowest BCUT2D eigenvalue weighted by molar-refractivity contribution is -0.134. The first kappa shape index (κ1) is 33.0. The highest BCUT2D eigenvalue weighted by molar-refractivity contribution is 5.96. The molecule has 218 valence electrons. The van der Waals surface area contributed by atoms with E-state index in [1.54, 1.807) is 0 Å². The molecular formula is C24H41N9O6. The second-order valence-electron chi connectivity index (χ2n) is 9.75. The Labute approximate surface area is 227 Å². The van der Waals surface area contributed by atoms with Crippen molar-refractivity contribution in [3.63, 3.8) is 0 Å². The zero-order valence-electron chi connectivity index (χ0n) is 22.6. The predicted molar refractivity (Wildman–Crippen MR) is 141 cm³/mol. The number of carbonyl (C=O) groups is 6. The molecule has 0 aromatic carbocycles. The van der Waals surface area contributed by atoms with Gasteiger partial charge < -0.3 is 43.5 Å². The topological polar surface area (TPSA) is 257 Å². The maximum Gasteiger partial charge on any atom is 0.243 e. The Bertz CT molecular complexity index is 983. The summed E-state index contributed by atoms with van der Waals surface area (Å²) in [6.07, 6.45) is 3.97. The van der Waals surface area contributed by atoms with Gasteiger partial charge in [-0.2, -0.15) is 0 Å². The molecule has 0 spiro atoms. The van der Waals surface area contributed by atoms with Gasteiger partial charge in [-0.3, -0.25) is 28.8 Å². The van der Waals surface area contributed by atoms with Crippen LogP contribution in [0.4, 0.5) is 0 Å². The van der Waals surface area contributed by atoms with Gasteiger partial charge in [-0.1, -0.05) is 13.8 Å². The molecule has 15 heteroatoms. The number of hydrogen-bond acceptors (Lipinski definition) is 8. The standard InChI is InChI=1S/C24H41N9O6/c1-13(2)8-17(21(27)36)31-23(38)18(9-15-11-28-12-30-15)33-24(39)19(10-20(26)35)32-22(37)16(25)6-4-5-7-29-14(3)34/h11-13,16-19H,4-10,25H2,1-3H3,(H2,26,35)(H2,27,36)(H,28,30)(H,29,34)(H,31,38)(H,32,37)(H,33,39)/t16-,17-,18+,19-/m0/s1. The normalized spacial score (nSPS) is 14.0. The zero-order chi connectivity index (χ0) is 29.5. The lowest BCUT2D eigenvalue weighted by Crippen LogP contribution is -2.58. The van der Waals surface area contributed by atoms with E-state index >= 15 is 0 Å². The minimum Gasteiger partial charge on any atom is -0.370 e. The van der Waals surface area contributed by atoms with Gasteiger partial charge in [0.2, 0.25) is 35.4 Å². The summed E-state index contributed by atoms with van der Waals surface area (Å²) in [5, 5.41) is 10.1. The van der Waals surface area contributed by atoms with Gasteiger partial charge in [0.25, 0.3) is 0 Å². The minimum atomic E-state index is -1.40. The highest BCUT2D eigenvalue weighted by Crippen LogP contribution is 2.07. The van der Waals surface area contributed by atoms with Crippen LogP contribution < -0.4 is 38.5 Å². The Kier molecular flexibility index (Phi) is 14.2. The number of aromatic amines is 1. The average Bonchev–Trinajstić information content (AvgIpc) is 3.34. The van der Waals surface area contributed by atoms with E-state index in [0.717, 1.165) is 0 Å². The maximum atomic E-state index is 13.1. The molecule has 0 bridgehead atoms. The Morgan fingerprint density at radius 3 is 2.08 bits per heavy atom. The molecule has 0 fully saturated rings. The summed E-state index contributed by atoms with van der Waals surface area (Å²) in [6.45, 7) is 5.55. The van der Waals surface area contributed by atoms with Crippen LogP contribution in [0.3, 0.4) is 0 Å². The summed E-state index contributed by atoms with van der Waals surface area (Å²) in [4.78, 5) is 80.0. The third-order valence-corrected chi connectivity index (χ3v) is 5.67. The number of unbranched alkanes of at least 4 members (excludes halogenated alkanes) is 1. The Hall–Kier alpha value is -4.01. The predicted octanol–water partition coefficient (Wildman–Crippen LogP) is -2.55. The van der Waals surface area contributed by atoms with Crippen molar-refractivity contribution >= 4 is 35.4 Å². The van der Waals surface area contributed by atoms with Crippen molar-refractivity contribution < 1.29 is 28.8 Å². The molecule has 0 aliphatic carbocycles. The summed E-state index contributed by atoms with van der Waals surface area (Å²) in [5.41, 5.74) is 17.2. The van der Waals surface area contributed by atoms with Crippen molar-refractivity contribution in [2.24, 2.45) is 23.1 Å². The molecule has 11 N–H and O–H groups in total. The monoisotopic (exact) mass is 551 g/mol. The van der Waals surface area contributed by atoms with Gasteiger partial charge in [0, 0.05) is 31.8 Å². The lowest BCUT2D eigenvalue weighted by Gasteiger charge is -2.25. The van der Waals surface area contributed by atoms with Crippen molar-refractivity contribution in [3.8, 4) is 0 Å². The Morgan fingerprint density at radius 2 is 1.54 bits per heavy atom. The second-order valence-corrected chi connectivity index (χ2v) is 9.75. The molecule has 1 aromatic rings. The van der Waals surface area contributed by atoms with Gasteiger partial charge >= 0.3 is 0 Å². The van der Waals surface area contributed by atoms with Crippen LogP contribution in [0.5, 0.6) is 0 Å². The van der Waals surface area contributed by atoms with E-state index in [1.165, 1.54) is 19.4 Å². The Morgan fingerprint density at radius 1 is 0.923 bits per heavy atom. The molecule has 15 nitrogen and oxygen atoms in total. The summed E-state index contributed by atoms with van der Waals surface area (Å²) in [5.74, 6) is -3.93. The van der Waals surface area contributed by atoms with Gasteiger partial charge in [-0.25, -0.2) is 4.98 Å². The number of H-pyrrole nitrogens is 1. The minimum absolute atomic E-state index is 0.0320. The maximum absolute atomic E-state index is 13.1. The number of rotatable bonds is 18. The van der Waals surface area contributed by atoms with E-state index in [2.05, 4.69) is 31.2 Å². The van der Waals surface area contributed by atoms with Crippen molar-refractivity contribution in [2.45, 2.75) is 83.5 Å². The van der Waals surface area contributed by atoms with E-state index in [9.17, 15) is 28.8 Å². The van der Waals surface area contributed by atoms with Gasteiger partial charge in [0.05, 0.1) is 18.8 Å². The van der Waals surface area contributed by atoms with Crippen molar-refractivity contribution in [2.75, 3.05) is 6.54 Å². The molecule has 0 radical (unpaired) electrons. The van der Waals surface area contributed by atoms with Crippen LogP contribution >= 0.6 is 0 Å². The number of nitrogens with zero attached hydrogens (tertiary/aromatic N) is 1. The van der Waals surface area contributed by atoms with Gasteiger partial charge in [-0.15, -0.1) is 0 Å². The van der Waals surface area contributed by atoms with E-state index in [0.29, 0.717) is 25.1 Å². The SMILES string of the molecule is CC(=O)NCCCC[C@H](N)C(=O)N[C@@H](CC(N)=O)C(=O)N[C@H](Cc1cnc[nH]1)C(=O)N[C@@H](CC(C)C)C(N)=O. The third kappa shape index (κ3) is 13.4. The summed E-state index contributed by atoms with van der Waals surface area (Å²) < 4.78 is 0. The van der Waals surface area contributed by atoms with Gasteiger partial charge in [0.15, 0.2) is 0 Å². The van der Waals surface area contributed by atoms with Crippen molar-refractivity contribution in [1.29, 1.82) is 0 Å². The Balaban J connectivity index is 2.94. The highest BCUT2D eigenvalue weighted by atomic mass is 16.2. The van der Waals surface area contributed by atoms with Crippen LogP contribution in [0, 0.1) is 5.92 Å². The number of nitrogens with one attached hydrogen (secondary N) is 5. The molecule has 39 heavy (non-hydrogen) atoms. The fourth-order valence-electron chi connectivity index (χ4n) is 3.66. The molecule has 4 atom stereocenters. The number of nitrogens with two attached hydrogens (primary N) is 3. The van der Waals surface area contributed by atoms with Crippen LogP contribution in [0.2, 0.25) is 0 Å². The first-order chi connectivity index (χ1) is 18.3. The quantitative estimate of drug-likeness (QED) is 0.0898.